The molecule has 0 saturated heterocycles. The summed E-state index contributed by atoms with van der Waals surface area (Å²) in [7, 11) is 1.60. The molecule has 154 valence electrons. The highest BCUT2D eigenvalue weighted by molar-refractivity contribution is 7.80. The van der Waals surface area contributed by atoms with Crippen molar-refractivity contribution in [1.82, 2.24) is 5.32 Å². The molecular formula is C21H25N3O4S. The fourth-order valence-corrected chi connectivity index (χ4v) is 2.62. The van der Waals surface area contributed by atoms with Crippen LogP contribution in [0.25, 0.3) is 0 Å². The van der Waals surface area contributed by atoms with Crippen molar-refractivity contribution < 1.29 is 19.1 Å². The Morgan fingerprint density at radius 3 is 2.34 bits per heavy atom. The SMILES string of the molecule is CCCC(=O)Nc1cccc(NC(=S)NC(=O)c2ccc(OCCOC)cc2)c1. The molecule has 0 bridgehead atoms. The van der Waals surface area contributed by atoms with E-state index in [2.05, 4.69) is 16.0 Å². The highest BCUT2D eigenvalue weighted by atomic mass is 32.1. The van der Waals surface area contributed by atoms with Crippen molar-refractivity contribution in [1.29, 1.82) is 0 Å². The lowest BCUT2D eigenvalue weighted by Crippen LogP contribution is -2.34. The van der Waals surface area contributed by atoms with Gasteiger partial charge in [0.15, 0.2) is 5.11 Å². The van der Waals surface area contributed by atoms with Crippen molar-refractivity contribution in [3.05, 3.63) is 54.1 Å². The van der Waals surface area contributed by atoms with E-state index in [4.69, 9.17) is 21.7 Å². The van der Waals surface area contributed by atoms with Crippen LogP contribution in [0.15, 0.2) is 48.5 Å². The Labute approximate surface area is 175 Å². The van der Waals surface area contributed by atoms with Gasteiger partial charge in [0.2, 0.25) is 5.91 Å². The largest absolute Gasteiger partial charge is 0.491 e. The van der Waals surface area contributed by atoms with Gasteiger partial charge >= 0.3 is 0 Å². The lowest BCUT2D eigenvalue weighted by molar-refractivity contribution is -0.116. The summed E-state index contributed by atoms with van der Waals surface area (Å²) in [5.74, 6) is 0.273. The van der Waals surface area contributed by atoms with Crippen LogP contribution in [-0.2, 0) is 9.53 Å². The summed E-state index contributed by atoms with van der Waals surface area (Å²) in [5.41, 5.74) is 1.77. The van der Waals surface area contributed by atoms with Gasteiger partial charge < -0.3 is 20.1 Å². The summed E-state index contributed by atoms with van der Waals surface area (Å²) in [5, 5.41) is 8.55. The number of anilines is 2. The van der Waals surface area contributed by atoms with E-state index in [9.17, 15) is 9.59 Å². The first-order chi connectivity index (χ1) is 14.0. The Morgan fingerprint density at radius 2 is 1.69 bits per heavy atom. The van der Waals surface area contributed by atoms with E-state index in [0.717, 1.165) is 6.42 Å². The molecular weight excluding hydrogens is 390 g/mol. The lowest BCUT2D eigenvalue weighted by Gasteiger charge is -2.12. The van der Waals surface area contributed by atoms with Crippen LogP contribution in [-0.4, -0.2) is 37.3 Å². The predicted molar refractivity (Wildman–Crippen MR) is 117 cm³/mol. The number of rotatable bonds is 9. The second kappa shape index (κ2) is 11.8. The van der Waals surface area contributed by atoms with Crippen LogP contribution in [0.2, 0.25) is 0 Å². The first-order valence-corrected chi connectivity index (χ1v) is 9.66. The van der Waals surface area contributed by atoms with Gasteiger partial charge in [0.1, 0.15) is 12.4 Å². The number of thiocarbonyl (C=S) groups is 1. The minimum atomic E-state index is -0.335. The van der Waals surface area contributed by atoms with Gasteiger partial charge in [-0.2, -0.15) is 0 Å². The van der Waals surface area contributed by atoms with Crippen molar-refractivity contribution in [2.24, 2.45) is 0 Å². The van der Waals surface area contributed by atoms with Gasteiger partial charge in [-0.15, -0.1) is 0 Å². The molecule has 0 aromatic heterocycles. The average Bonchev–Trinajstić information content (AvgIpc) is 2.69. The van der Waals surface area contributed by atoms with Crippen molar-refractivity contribution in [2.75, 3.05) is 31.0 Å². The fourth-order valence-electron chi connectivity index (χ4n) is 2.41. The molecule has 0 aliphatic heterocycles. The van der Waals surface area contributed by atoms with E-state index in [1.165, 1.54) is 0 Å². The van der Waals surface area contributed by atoms with E-state index < -0.39 is 0 Å². The van der Waals surface area contributed by atoms with Gasteiger partial charge in [-0.1, -0.05) is 13.0 Å². The lowest BCUT2D eigenvalue weighted by atomic mass is 10.2. The molecule has 7 nitrogen and oxygen atoms in total. The van der Waals surface area contributed by atoms with Gasteiger partial charge in [-0.3, -0.25) is 14.9 Å². The van der Waals surface area contributed by atoms with Crippen LogP contribution in [0, 0.1) is 0 Å². The molecule has 8 heteroatoms. The van der Waals surface area contributed by atoms with Crippen LogP contribution in [0.3, 0.4) is 0 Å². The third-order valence-corrected chi connectivity index (χ3v) is 3.99. The zero-order valence-electron chi connectivity index (χ0n) is 16.5. The molecule has 3 N–H and O–H groups in total. The molecule has 29 heavy (non-hydrogen) atoms. The van der Waals surface area contributed by atoms with E-state index in [-0.39, 0.29) is 16.9 Å². The third-order valence-electron chi connectivity index (χ3n) is 3.78. The van der Waals surface area contributed by atoms with Crippen LogP contribution < -0.4 is 20.7 Å². The van der Waals surface area contributed by atoms with Crippen molar-refractivity contribution in [3.8, 4) is 5.75 Å². The summed E-state index contributed by atoms with van der Waals surface area (Å²) in [6.07, 6.45) is 1.24. The van der Waals surface area contributed by atoms with Gasteiger partial charge in [0.25, 0.3) is 5.91 Å². The monoisotopic (exact) mass is 415 g/mol. The molecule has 2 aromatic rings. The third kappa shape index (κ3) is 7.89. The Kier molecular flexibility index (Phi) is 9.07. The Balaban J connectivity index is 1.88. The van der Waals surface area contributed by atoms with Crippen LogP contribution in [0.5, 0.6) is 5.75 Å². The van der Waals surface area contributed by atoms with Crippen LogP contribution in [0.1, 0.15) is 30.1 Å². The molecule has 0 fully saturated rings. The maximum absolute atomic E-state index is 12.3. The standard InChI is InChI=1S/C21H25N3O4S/c1-3-5-19(25)22-16-6-4-7-17(14-16)23-21(29)24-20(26)15-8-10-18(11-9-15)28-13-12-27-2/h4,6-11,14H,3,5,12-13H2,1-2H3,(H,22,25)(H2,23,24,26,29). The molecule has 0 aliphatic carbocycles. The normalized spacial score (nSPS) is 10.1. The topological polar surface area (TPSA) is 88.7 Å². The molecule has 2 aromatic carbocycles. The van der Waals surface area contributed by atoms with Crippen molar-refractivity contribution in [2.45, 2.75) is 19.8 Å². The fraction of sp³-hybridized carbons (Fsp3) is 0.286. The number of nitrogens with one attached hydrogen (secondary N) is 3. The van der Waals surface area contributed by atoms with E-state index in [1.54, 1.807) is 55.6 Å². The molecule has 0 saturated carbocycles. The average molecular weight is 416 g/mol. The smallest absolute Gasteiger partial charge is 0.257 e. The molecule has 2 amide bonds. The number of hydrogen-bond acceptors (Lipinski definition) is 5. The summed E-state index contributed by atoms with van der Waals surface area (Å²) >= 11 is 5.21. The number of methoxy groups -OCH3 is 1. The molecule has 0 radical (unpaired) electrons. The van der Waals surface area contributed by atoms with Crippen molar-refractivity contribution >= 4 is 40.5 Å². The first-order valence-electron chi connectivity index (χ1n) is 9.26. The van der Waals surface area contributed by atoms with Gasteiger partial charge in [-0.05, 0) is 61.1 Å². The molecule has 0 unspecified atom stereocenters. The summed E-state index contributed by atoms with van der Waals surface area (Å²) in [4.78, 5) is 24.1. The van der Waals surface area contributed by atoms with E-state index in [0.29, 0.717) is 42.3 Å². The van der Waals surface area contributed by atoms with Gasteiger partial charge in [0.05, 0.1) is 6.61 Å². The molecule has 0 spiro atoms. The number of benzene rings is 2. The van der Waals surface area contributed by atoms with Gasteiger partial charge in [0, 0.05) is 30.5 Å². The molecule has 0 heterocycles. The summed E-state index contributed by atoms with van der Waals surface area (Å²) in [6, 6.07) is 13.9. The minimum absolute atomic E-state index is 0.0461. The number of ether oxygens (including phenoxy) is 2. The second-order valence-corrected chi connectivity index (χ2v) is 6.56. The first kappa shape index (κ1) is 22.3. The second-order valence-electron chi connectivity index (χ2n) is 6.15. The number of carbonyl (C=O) groups is 2. The van der Waals surface area contributed by atoms with E-state index >= 15 is 0 Å². The van der Waals surface area contributed by atoms with Crippen molar-refractivity contribution in [3.63, 3.8) is 0 Å². The highest BCUT2D eigenvalue weighted by Gasteiger charge is 2.09. The molecule has 0 aliphatic rings. The zero-order valence-corrected chi connectivity index (χ0v) is 17.3. The predicted octanol–water partition coefficient (Wildman–Crippen LogP) is 3.58. The zero-order chi connectivity index (χ0) is 21.1. The van der Waals surface area contributed by atoms with Crippen LogP contribution in [0.4, 0.5) is 11.4 Å². The Morgan fingerprint density at radius 1 is 1.00 bits per heavy atom. The number of hydrogen-bond donors (Lipinski definition) is 3. The Bertz CT molecular complexity index is 840. The maximum atomic E-state index is 12.3. The Hall–Kier alpha value is -2.97. The minimum Gasteiger partial charge on any atom is -0.491 e. The number of amides is 2. The number of carbonyl (C=O) groups excluding carboxylic acids is 2. The summed E-state index contributed by atoms with van der Waals surface area (Å²) < 4.78 is 10.4. The maximum Gasteiger partial charge on any atom is 0.257 e. The molecule has 0 atom stereocenters. The van der Waals surface area contributed by atoms with Gasteiger partial charge in [-0.25, -0.2) is 0 Å². The molecule has 2 rings (SSSR count). The summed E-state index contributed by atoms with van der Waals surface area (Å²) in [6.45, 7) is 2.88. The van der Waals surface area contributed by atoms with E-state index in [1.807, 2.05) is 6.92 Å². The van der Waals surface area contributed by atoms with Crippen LogP contribution >= 0.6 is 12.2 Å². The highest BCUT2D eigenvalue weighted by Crippen LogP contribution is 2.16. The quantitative estimate of drug-likeness (QED) is 0.429.